The monoisotopic (exact) mass is 559 g/mol. The lowest BCUT2D eigenvalue weighted by Gasteiger charge is -2.32. The minimum atomic E-state index is -0.896. The van der Waals surface area contributed by atoms with Crippen LogP contribution in [0.5, 0.6) is 11.5 Å². The normalized spacial score (nSPS) is 11.4. The Labute approximate surface area is 230 Å². The van der Waals surface area contributed by atoms with E-state index in [0.29, 0.717) is 22.2 Å². The van der Waals surface area contributed by atoms with Crippen molar-refractivity contribution >= 4 is 40.7 Å². The number of nitro benzene ring substituents is 1. The van der Waals surface area contributed by atoms with Crippen molar-refractivity contribution in [3.63, 3.8) is 0 Å². The number of halogens is 2. The van der Waals surface area contributed by atoms with Gasteiger partial charge in [-0.25, -0.2) is 0 Å². The first-order valence-corrected chi connectivity index (χ1v) is 12.5. The molecule has 0 saturated heterocycles. The highest BCUT2D eigenvalue weighted by molar-refractivity contribution is 6.36. The van der Waals surface area contributed by atoms with Gasteiger partial charge in [-0.3, -0.25) is 19.7 Å². The van der Waals surface area contributed by atoms with Gasteiger partial charge < -0.3 is 19.7 Å². The molecular formula is C27H27Cl2N3O6. The lowest BCUT2D eigenvalue weighted by Crippen LogP contribution is -2.51. The number of likely N-dealkylation sites (N-methyl/N-ethyl adjacent to an activating group) is 1. The predicted octanol–water partition coefficient (Wildman–Crippen LogP) is 5.07. The van der Waals surface area contributed by atoms with Gasteiger partial charge >= 0.3 is 5.69 Å². The van der Waals surface area contributed by atoms with Gasteiger partial charge in [0.1, 0.15) is 11.8 Å². The number of carbonyl (C=O) groups is 2. The highest BCUT2D eigenvalue weighted by Crippen LogP contribution is 2.31. The minimum absolute atomic E-state index is 0.0102. The zero-order valence-electron chi connectivity index (χ0n) is 20.9. The van der Waals surface area contributed by atoms with Crippen molar-refractivity contribution in [3.8, 4) is 11.5 Å². The van der Waals surface area contributed by atoms with Crippen LogP contribution >= 0.6 is 23.2 Å². The Morgan fingerprint density at radius 3 is 2.34 bits per heavy atom. The van der Waals surface area contributed by atoms with E-state index in [1.165, 1.54) is 30.2 Å². The molecule has 0 spiro atoms. The number of nitrogens with zero attached hydrogens (tertiary/aromatic N) is 2. The van der Waals surface area contributed by atoms with Gasteiger partial charge in [0.05, 0.1) is 12.0 Å². The Kier molecular flexibility index (Phi) is 10.3. The fourth-order valence-electron chi connectivity index (χ4n) is 3.83. The Morgan fingerprint density at radius 2 is 1.74 bits per heavy atom. The molecule has 0 aliphatic carbocycles. The molecule has 0 bridgehead atoms. The van der Waals surface area contributed by atoms with E-state index >= 15 is 0 Å². The molecule has 3 aromatic carbocycles. The van der Waals surface area contributed by atoms with E-state index in [4.69, 9.17) is 32.7 Å². The van der Waals surface area contributed by atoms with Crippen LogP contribution in [0.25, 0.3) is 0 Å². The zero-order valence-corrected chi connectivity index (χ0v) is 22.4. The fraction of sp³-hybridized carbons (Fsp3) is 0.259. The van der Waals surface area contributed by atoms with E-state index in [-0.39, 0.29) is 36.1 Å². The molecule has 0 saturated carbocycles. The third-order valence-electron chi connectivity index (χ3n) is 5.72. The summed E-state index contributed by atoms with van der Waals surface area (Å²) in [4.78, 5) is 38.8. The van der Waals surface area contributed by atoms with Gasteiger partial charge in [0.15, 0.2) is 6.61 Å². The predicted molar refractivity (Wildman–Crippen MR) is 145 cm³/mol. The van der Waals surface area contributed by atoms with Gasteiger partial charge in [0, 0.05) is 47.3 Å². The Bertz CT molecular complexity index is 1270. The van der Waals surface area contributed by atoms with Crippen molar-refractivity contribution < 1.29 is 24.0 Å². The number of amides is 2. The molecule has 0 heterocycles. The molecule has 3 rings (SSSR count). The largest absolute Gasteiger partial charge is 0.490 e. The topological polar surface area (TPSA) is 111 Å². The number of hydrogen-bond acceptors (Lipinski definition) is 6. The number of hydrogen-bond donors (Lipinski definition) is 1. The van der Waals surface area contributed by atoms with Crippen LogP contribution < -0.4 is 14.8 Å². The highest BCUT2D eigenvalue weighted by atomic mass is 35.5. The molecule has 2 amide bonds. The molecule has 9 nitrogen and oxygen atoms in total. The first-order chi connectivity index (χ1) is 18.2. The average molecular weight is 560 g/mol. The lowest BCUT2D eigenvalue weighted by molar-refractivity contribution is -0.385. The van der Waals surface area contributed by atoms with E-state index in [2.05, 4.69) is 5.32 Å². The van der Waals surface area contributed by atoms with Crippen molar-refractivity contribution in [2.75, 3.05) is 20.3 Å². The van der Waals surface area contributed by atoms with E-state index < -0.39 is 23.5 Å². The standard InChI is InChI=1S/C27H27Cl2N3O6/c1-3-30-27(34)24(14-18-8-5-4-6-9-18)31(16-20-21(28)10-7-11-22(20)29)26(33)17-38-19-12-13-23(32(35)36)25(15-19)37-2/h4-13,15,24H,3,14,16-17H2,1-2H3,(H,30,34). The van der Waals surface area contributed by atoms with Gasteiger partial charge in [0.2, 0.25) is 11.7 Å². The maximum atomic E-state index is 13.6. The second-order valence-electron chi connectivity index (χ2n) is 8.20. The number of nitro groups is 1. The third kappa shape index (κ3) is 7.36. The summed E-state index contributed by atoms with van der Waals surface area (Å²) in [6, 6.07) is 17.3. The second-order valence-corrected chi connectivity index (χ2v) is 9.02. The van der Waals surface area contributed by atoms with Crippen LogP contribution in [0.15, 0.2) is 66.7 Å². The summed E-state index contributed by atoms with van der Waals surface area (Å²) in [7, 11) is 1.30. The van der Waals surface area contributed by atoms with Gasteiger partial charge in [-0.15, -0.1) is 0 Å². The fourth-order valence-corrected chi connectivity index (χ4v) is 4.34. The van der Waals surface area contributed by atoms with Gasteiger partial charge in [0.25, 0.3) is 5.91 Å². The molecule has 1 unspecified atom stereocenters. The quantitative estimate of drug-likeness (QED) is 0.245. The molecule has 3 aromatic rings. The first kappa shape index (κ1) is 28.7. The number of benzene rings is 3. The smallest absolute Gasteiger partial charge is 0.311 e. The molecular weight excluding hydrogens is 533 g/mol. The van der Waals surface area contributed by atoms with Gasteiger partial charge in [-0.05, 0) is 30.7 Å². The Balaban J connectivity index is 1.94. The molecule has 1 N–H and O–H groups in total. The van der Waals surface area contributed by atoms with Crippen LogP contribution in [0.1, 0.15) is 18.1 Å². The van der Waals surface area contributed by atoms with Crippen LogP contribution in [0.4, 0.5) is 5.69 Å². The van der Waals surface area contributed by atoms with Gasteiger partial charge in [-0.2, -0.15) is 0 Å². The van der Waals surface area contributed by atoms with Crippen molar-refractivity contribution in [1.82, 2.24) is 10.2 Å². The van der Waals surface area contributed by atoms with Gasteiger partial charge in [-0.1, -0.05) is 59.6 Å². The second kappa shape index (κ2) is 13.6. The molecule has 200 valence electrons. The van der Waals surface area contributed by atoms with Crippen LogP contribution in [0.2, 0.25) is 10.0 Å². The maximum Gasteiger partial charge on any atom is 0.311 e. The molecule has 0 fully saturated rings. The summed E-state index contributed by atoms with van der Waals surface area (Å²) >= 11 is 12.8. The highest BCUT2D eigenvalue weighted by Gasteiger charge is 2.31. The number of rotatable bonds is 12. The molecule has 0 aromatic heterocycles. The van der Waals surface area contributed by atoms with Crippen molar-refractivity contribution in [3.05, 3.63) is 98.0 Å². The Morgan fingerprint density at radius 1 is 1.05 bits per heavy atom. The number of carbonyl (C=O) groups excluding carboxylic acids is 2. The zero-order chi connectivity index (χ0) is 27.7. The molecule has 38 heavy (non-hydrogen) atoms. The number of nitrogens with one attached hydrogen (secondary N) is 1. The molecule has 0 aliphatic heterocycles. The summed E-state index contributed by atoms with van der Waals surface area (Å²) in [6.07, 6.45) is 0.242. The summed E-state index contributed by atoms with van der Waals surface area (Å²) < 4.78 is 10.7. The first-order valence-electron chi connectivity index (χ1n) is 11.7. The van der Waals surface area contributed by atoms with Crippen molar-refractivity contribution in [2.45, 2.75) is 25.9 Å². The summed E-state index contributed by atoms with van der Waals surface area (Å²) in [5.41, 5.74) is 1.11. The van der Waals surface area contributed by atoms with Crippen LogP contribution in [0, 0.1) is 10.1 Å². The van der Waals surface area contributed by atoms with E-state index in [1.807, 2.05) is 30.3 Å². The van der Waals surface area contributed by atoms with Crippen molar-refractivity contribution in [1.29, 1.82) is 0 Å². The van der Waals surface area contributed by atoms with E-state index in [9.17, 15) is 19.7 Å². The summed E-state index contributed by atoms with van der Waals surface area (Å²) in [6.45, 7) is 1.67. The van der Waals surface area contributed by atoms with E-state index in [1.54, 1.807) is 25.1 Å². The maximum absolute atomic E-state index is 13.6. The van der Waals surface area contributed by atoms with Crippen molar-refractivity contribution in [2.24, 2.45) is 0 Å². The van der Waals surface area contributed by atoms with Crippen LogP contribution in [-0.4, -0.2) is 47.9 Å². The van der Waals surface area contributed by atoms with Crippen LogP contribution in [-0.2, 0) is 22.6 Å². The third-order valence-corrected chi connectivity index (χ3v) is 6.43. The molecule has 11 heteroatoms. The molecule has 1 atom stereocenters. The average Bonchev–Trinajstić information content (AvgIpc) is 2.91. The SMILES string of the molecule is CCNC(=O)C(Cc1ccccc1)N(Cc1c(Cl)cccc1Cl)C(=O)COc1ccc([N+](=O)[O-])c(OC)c1. The van der Waals surface area contributed by atoms with Crippen LogP contribution in [0.3, 0.4) is 0 Å². The summed E-state index contributed by atoms with van der Waals surface area (Å²) in [5, 5.41) is 14.7. The molecule has 0 aliphatic rings. The molecule has 0 radical (unpaired) electrons. The lowest BCUT2D eigenvalue weighted by atomic mass is 10.0. The number of methoxy groups -OCH3 is 1. The minimum Gasteiger partial charge on any atom is -0.490 e. The summed E-state index contributed by atoms with van der Waals surface area (Å²) in [5.74, 6) is -0.673. The Hall–Kier alpha value is -3.82. The number of ether oxygens (including phenoxy) is 2. The van der Waals surface area contributed by atoms with E-state index in [0.717, 1.165) is 5.56 Å².